The molecule has 0 saturated heterocycles. The number of esters is 2. The van der Waals surface area contributed by atoms with E-state index in [-0.39, 0.29) is 0 Å². The highest BCUT2D eigenvalue weighted by Crippen LogP contribution is 2.17. The summed E-state index contributed by atoms with van der Waals surface area (Å²) in [7, 11) is 1.32. The van der Waals surface area contributed by atoms with E-state index in [2.05, 4.69) is 4.74 Å². The number of methoxy groups -OCH3 is 1. The fourth-order valence-corrected chi connectivity index (χ4v) is 1.51. The molecule has 0 saturated carbocycles. The highest BCUT2D eigenvalue weighted by molar-refractivity contribution is 5.91. The first-order valence-electron chi connectivity index (χ1n) is 6.19. The number of carbonyl (C=O) groups is 2. The van der Waals surface area contributed by atoms with Crippen LogP contribution in [0, 0.1) is 6.92 Å². The molecule has 1 aromatic heterocycles. The molecule has 0 atom stereocenters. The van der Waals surface area contributed by atoms with E-state index in [9.17, 15) is 9.59 Å². The molecule has 108 valence electrons. The minimum Gasteiger partial charge on any atom is -0.466 e. The molecule has 5 heteroatoms. The number of hydrogen-bond donors (Lipinski definition) is 0. The fourth-order valence-electron chi connectivity index (χ4n) is 1.51. The number of ether oxygens (including phenoxy) is 2. The number of allylic oxidation sites excluding steroid dienone is 2. The summed E-state index contributed by atoms with van der Waals surface area (Å²) >= 11 is 0. The average Bonchev–Trinajstić information content (AvgIpc) is 2.78. The predicted octanol–water partition coefficient (Wildman–Crippen LogP) is 2.90. The number of furan rings is 1. The minimum absolute atomic E-state index is 0.315. The molecule has 0 spiro atoms. The highest BCUT2D eigenvalue weighted by Gasteiger charge is 2.14. The number of rotatable bonds is 5. The first-order valence-corrected chi connectivity index (χ1v) is 6.19. The lowest BCUT2D eigenvalue weighted by atomic mass is 10.2. The summed E-state index contributed by atoms with van der Waals surface area (Å²) in [6.07, 6.45) is 4.73. The van der Waals surface area contributed by atoms with Gasteiger partial charge in [-0.25, -0.2) is 9.59 Å². The van der Waals surface area contributed by atoms with E-state index in [4.69, 9.17) is 9.15 Å². The number of aryl methyl sites for hydroxylation is 1. The van der Waals surface area contributed by atoms with Gasteiger partial charge in [0.2, 0.25) is 0 Å². The summed E-state index contributed by atoms with van der Waals surface area (Å²) in [5.41, 5.74) is 1.12. The van der Waals surface area contributed by atoms with Gasteiger partial charge >= 0.3 is 11.9 Å². The van der Waals surface area contributed by atoms with Crippen molar-refractivity contribution >= 4 is 18.0 Å². The number of hydrogen-bond acceptors (Lipinski definition) is 5. The van der Waals surface area contributed by atoms with Gasteiger partial charge in [0.05, 0.1) is 13.7 Å². The zero-order valence-corrected chi connectivity index (χ0v) is 12.1. The molecule has 0 aliphatic carbocycles. The Balaban J connectivity index is 2.84. The van der Waals surface area contributed by atoms with E-state index >= 15 is 0 Å². The largest absolute Gasteiger partial charge is 0.466 e. The molecular formula is C15H18O5. The van der Waals surface area contributed by atoms with Gasteiger partial charge in [-0.3, -0.25) is 0 Å². The lowest BCUT2D eigenvalue weighted by molar-refractivity contribution is -0.134. The van der Waals surface area contributed by atoms with Crippen LogP contribution in [0.1, 0.15) is 35.7 Å². The van der Waals surface area contributed by atoms with E-state index in [1.54, 1.807) is 39.0 Å². The first kappa shape index (κ1) is 15.8. The Bertz CT molecular complexity index is 549. The van der Waals surface area contributed by atoms with Crippen LogP contribution in [0.15, 0.2) is 28.2 Å². The molecule has 20 heavy (non-hydrogen) atoms. The number of carbonyl (C=O) groups excluding carboxylic acids is 2. The molecule has 0 N–H and O–H groups in total. The van der Waals surface area contributed by atoms with Crippen LogP contribution in [0.2, 0.25) is 0 Å². The summed E-state index contributed by atoms with van der Waals surface area (Å²) in [4.78, 5) is 22.7. The van der Waals surface area contributed by atoms with Gasteiger partial charge in [-0.1, -0.05) is 6.08 Å². The lowest BCUT2D eigenvalue weighted by Gasteiger charge is -1.97. The second kappa shape index (κ2) is 7.33. The van der Waals surface area contributed by atoms with Crippen LogP contribution in [0.3, 0.4) is 0 Å². The summed E-state index contributed by atoms with van der Waals surface area (Å²) in [6.45, 7) is 5.51. The van der Waals surface area contributed by atoms with Crippen molar-refractivity contribution in [2.24, 2.45) is 0 Å². The molecule has 0 aromatic carbocycles. The Morgan fingerprint density at radius 3 is 2.70 bits per heavy atom. The molecule has 0 aliphatic heterocycles. The molecule has 0 fully saturated rings. The van der Waals surface area contributed by atoms with Crippen molar-refractivity contribution in [1.29, 1.82) is 0 Å². The van der Waals surface area contributed by atoms with E-state index in [0.29, 0.717) is 29.3 Å². The lowest BCUT2D eigenvalue weighted by Crippen LogP contribution is -2.04. The third-order valence-electron chi connectivity index (χ3n) is 2.49. The Hall–Kier alpha value is -2.30. The Morgan fingerprint density at radius 2 is 2.10 bits per heavy atom. The van der Waals surface area contributed by atoms with E-state index in [1.165, 1.54) is 13.2 Å². The van der Waals surface area contributed by atoms with Gasteiger partial charge in [-0.2, -0.15) is 0 Å². The second-order valence-corrected chi connectivity index (χ2v) is 4.08. The van der Waals surface area contributed by atoms with Crippen molar-refractivity contribution in [3.05, 3.63) is 40.9 Å². The zero-order chi connectivity index (χ0) is 15.1. The van der Waals surface area contributed by atoms with Gasteiger partial charge in [0, 0.05) is 6.08 Å². The molecular weight excluding hydrogens is 260 g/mol. The smallest absolute Gasteiger partial charge is 0.341 e. The SMILES string of the molecule is CCOC(=O)c1cc(/C=C/C(C)=C/C(=O)OC)oc1C. The van der Waals surface area contributed by atoms with E-state index in [1.807, 2.05) is 0 Å². The van der Waals surface area contributed by atoms with E-state index in [0.717, 1.165) is 0 Å². The van der Waals surface area contributed by atoms with Crippen LogP contribution in [0.4, 0.5) is 0 Å². The standard InChI is InChI=1S/C15H18O5/c1-5-19-15(17)13-9-12(20-11(13)3)7-6-10(2)8-14(16)18-4/h6-9H,5H2,1-4H3/b7-6+,10-8+. The average molecular weight is 278 g/mol. The molecule has 0 aliphatic rings. The van der Waals surface area contributed by atoms with Crippen molar-refractivity contribution in [1.82, 2.24) is 0 Å². The van der Waals surface area contributed by atoms with Crippen molar-refractivity contribution in [3.8, 4) is 0 Å². The molecule has 0 unspecified atom stereocenters. The topological polar surface area (TPSA) is 65.7 Å². The fraction of sp³-hybridized carbons (Fsp3) is 0.333. The Morgan fingerprint density at radius 1 is 1.40 bits per heavy atom. The van der Waals surface area contributed by atoms with Crippen molar-refractivity contribution in [2.45, 2.75) is 20.8 Å². The third kappa shape index (κ3) is 4.42. The maximum atomic E-state index is 11.6. The predicted molar refractivity (Wildman–Crippen MR) is 74.2 cm³/mol. The summed E-state index contributed by atoms with van der Waals surface area (Å²) in [6, 6.07) is 1.61. The maximum absolute atomic E-state index is 11.6. The van der Waals surface area contributed by atoms with Crippen LogP contribution in [0.5, 0.6) is 0 Å². The third-order valence-corrected chi connectivity index (χ3v) is 2.49. The quantitative estimate of drug-likeness (QED) is 0.470. The molecule has 0 amide bonds. The maximum Gasteiger partial charge on any atom is 0.341 e. The van der Waals surface area contributed by atoms with Gasteiger partial charge in [0.25, 0.3) is 0 Å². The molecule has 0 bridgehead atoms. The molecule has 5 nitrogen and oxygen atoms in total. The zero-order valence-electron chi connectivity index (χ0n) is 12.1. The van der Waals surface area contributed by atoms with Crippen LogP contribution >= 0.6 is 0 Å². The molecule has 1 rings (SSSR count). The van der Waals surface area contributed by atoms with Gasteiger partial charge in [0.1, 0.15) is 17.1 Å². The van der Waals surface area contributed by atoms with Crippen LogP contribution in [-0.4, -0.2) is 25.7 Å². The Kier molecular flexibility index (Phi) is 5.77. The highest BCUT2D eigenvalue weighted by atomic mass is 16.5. The van der Waals surface area contributed by atoms with E-state index < -0.39 is 11.9 Å². The Labute approximate surface area is 117 Å². The minimum atomic E-state index is -0.421. The molecule has 1 aromatic rings. The summed E-state index contributed by atoms with van der Waals surface area (Å²) in [5.74, 6) is 0.186. The van der Waals surface area contributed by atoms with Gasteiger partial charge in [-0.15, -0.1) is 0 Å². The second-order valence-electron chi connectivity index (χ2n) is 4.08. The van der Waals surface area contributed by atoms with Crippen molar-refractivity contribution in [3.63, 3.8) is 0 Å². The van der Waals surface area contributed by atoms with Crippen LogP contribution < -0.4 is 0 Å². The van der Waals surface area contributed by atoms with Crippen LogP contribution in [-0.2, 0) is 14.3 Å². The van der Waals surface area contributed by atoms with Crippen molar-refractivity contribution < 1.29 is 23.5 Å². The summed E-state index contributed by atoms with van der Waals surface area (Å²) < 4.78 is 14.9. The first-order chi connectivity index (χ1) is 9.47. The van der Waals surface area contributed by atoms with Crippen molar-refractivity contribution in [2.75, 3.05) is 13.7 Å². The summed E-state index contributed by atoms with van der Waals surface area (Å²) in [5, 5.41) is 0. The van der Waals surface area contributed by atoms with Crippen LogP contribution in [0.25, 0.3) is 6.08 Å². The van der Waals surface area contributed by atoms with Gasteiger partial charge < -0.3 is 13.9 Å². The van der Waals surface area contributed by atoms with Gasteiger partial charge in [-0.05, 0) is 38.5 Å². The molecule has 0 radical (unpaired) electrons. The normalized spacial score (nSPS) is 11.7. The van der Waals surface area contributed by atoms with Gasteiger partial charge in [0.15, 0.2) is 0 Å². The molecule has 1 heterocycles. The monoisotopic (exact) mass is 278 g/mol.